The summed E-state index contributed by atoms with van der Waals surface area (Å²) in [5, 5.41) is 6.24. The number of benzene rings is 2. The number of nitrogens with zero attached hydrogens (tertiary/aromatic N) is 3. The second kappa shape index (κ2) is 8.03. The number of anilines is 2. The van der Waals surface area contributed by atoms with Crippen molar-refractivity contribution in [1.29, 1.82) is 0 Å². The minimum atomic E-state index is 0.911. The second-order valence-corrected chi connectivity index (χ2v) is 5.32. The quantitative estimate of drug-likeness (QED) is 0.593. The van der Waals surface area contributed by atoms with Crippen LogP contribution in [0.25, 0.3) is 0 Å². The normalized spacial score (nSPS) is 11.2. The highest BCUT2D eigenvalue weighted by Gasteiger charge is 1.95. The van der Waals surface area contributed by atoms with E-state index in [0.29, 0.717) is 0 Å². The molecule has 0 aliphatic carbocycles. The van der Waals surface area contributed by atoms with Gasteiger partial charge in [-0.1, -0.05) is 36.4 Å². The summed E-state index contributed by atoms with van der Waals surface area (Å²) in [6.45, 7) is 0. The van der Waals surface area contributed by atoms with E-state index in [1.54, 1.807) is 0 Å². The standard InChI is InChI=1S/C19H23N3/c1-21(2)18-14-12-17(13-15-18)9-7-8-16-20-22(3)19-10-5-4-6-11-19/h4-8,10-16H,9H2,1-3H3. The van der Waals surface area contributed by atoms with E-state index in [2.05, 4.69) is 54.4 Å². The van der Waals surface area contributed by atoms with Crippen molar-refractivity contribution >= 4 is 17.6 Å². The zero-order chi connectivity index (χ0) is 15.8. The number of hydrazone groups is 1. The van der Waals surface area contributed by atoms with Crippen molar-refractivity contribution in [2.24, 2.45) is 5.10 Å². The van der Waals surface area contributed by atoms with Gasteiger partial charge in [-0.15, -0.1) is 0 Å². The maximum absolute atomic E-state index is 4.38. The van der Waals surface area contributed by atoms with Crippen molar-refractivity contribution in [1.82, 2.24) is 0 Å². The fourth-order valence-corrected chi connectivity index (χ4v) is 2.04. The molecule has 0 heterocycles. The van der Waals surface area contributed by atoms with E-state index in [4.69, 9.17) is 0 Å². The summed E-state index contributed by atoms with van der Waals surface area (Å²) in [6, 6.07) is 18.7. The molecule has 0 atom stereocenters. The van der Waals surface area contributed by atoms with Gasteiger partial charge in [-0.25, -0.2) is 0 Å². The summed E-state index contributed by atoms with van der Waals surface area (Å²) in [4.78, 5) is 2.10. The topological polar surface area (TPSA) is 18.8 Å². The van der Waals surface area contributed by atoms with Crippen LogP contribution < -0.4 is 9.91 Å². The van der Waals surface area contributed by atoms with Crippen LogP contribution in [0.4, 0.5) is 11.4 Å². The smallest absolute Gasteiger partial charge is 0.0590 e. The molecule has 0 saturated heterocycles. The molecule has 3 heteroatoms. The van der Waals surface area contributed by atoms with Crippen LogP contribution in [0.5, 0.6) is 0 Å². The van der Waals surface area contributed by atoms with Gasteiger partial charge in [0, 0.05) is 33.0 Å². The van der Waals surface area contributed by atoms with Gasteiger partial charge in [0.05, 0.1) is 5.69 Å². The molecule has 2 aromatic rings. The van der Waals surface area contributed by atoms with Gasteiger partial charge in [0.25, 0.3) is 0 Å². The molecule has 0 fully saturated rings. The van der Waals surface area contributed by atoms with Gasteiger partial charge in [0.15, 0.2) is 0 Å². The minimum Gasteiger partial charge on any atom is -0.378 e. The number of allylic oxidation sites excluding steroid dienone is 2. The summed E-state index contributed by atoms with van der Waals surface area (Å²) >= 11 is 0. The Morgan fingerprint density at radius 2 is 1.55 bits per heavy atom. The molecule has 0 aliphatic heterocycles. The molecule has 0 N–H and O–H groups in total. The van der Waals surface area contributed by atoms with E-state index in [9.17, 15) is 0 Å². The van der Waals surface area contributed by atoms with E-state index in [1.807, 2.05) is 54.7 Å². The predicted molar refractivity (Wildman–Crippen MR) is 97.0 cm³/mol. The third-order valence-electron chi connectivity index (χ3n) is 3.40. The number of rotatable bonds is 6. The van der Waals surface area contributed by atoms with Crippen LogP contribution in [-0.2, 0) is 6.42 Å². The molecular weight excluding hydrogens is 270 g/mol. The van der Waals surface area contributed by atoms with Crippen LogP contribution in [0.3, 0.4) is 0 Å². The fourth-order valence-electron chi connectivity index (χ4n) is 2.04. The van der Waals surface area contributed by atoms with Crippen molar-refractivity contribution in [3.63, 3.8) is 0 Å². The molecule has 0 bridgehead atoms. The van der Waals surface area contributed by atoms with Gasteiger partial charge >= 0.3 is 0 Å². The van der Waals surface area contributed by atoms with Crippen molar-refractivity contribution in [2.75, 3.05) is 31.1 Å². The predicted octanol–water partition coefficient (Wildman–Crippen LogP) is 3.97. The highest BCUT2D eigenvalue weighted by atomic mass is 15.4. The SMILES string of the molecule is CN(C)c1ccc(CC=CC=NN(C)c2ccccc2)cc1. The summed E-state index contributed by atoms with van der Waals surface area (Å²) in [7, 11) is 6.04. The molecule has 0 spiro atoms. The minimum absolute atomic E-state index is 0.911. The van der Waals surface area contributed by atoms with Crippen molar-refractivity contribution in [2.45, 2.75) is 6.42 Å². The Morgan fingerprint density at radius 1 is 0.864 bits per heavy atom. The van der Waals surface area contributed by atoms with Crippen LogP contribution in [0, 0.1) is 0 Å². The first-order chi connectivity index (χ1) is 10.7. The van der Waals surface area contributed by atoms with Crippen LogP contribution in [0.2, 0.25) is 0 Å². The Hall–Kier alpha value is -2.55. The lowest BCUT2D eigenvalue weighted by atomic mass is 10.1. The average molecular weight is 293 g/mol. The molecule has 114 valence electrons. The monoisotopic (exact) mass is 293 g/mol. The fraction of sp³-hybridized carbons (Fsp3) is 0.211. The lowest BCUT2D eigenvalue weighted by Crippen LogP contribution is -2.08. The summed E-state index contributed by atoms with van der Waals surface area (Å²) in [5.74, 6) is 0. The summed E-state index contributed by atoms with van der Waals surface area (Å²) in [6.07, 6.45) is 6.84. The Kier molecular flexibility index (Phi) is 5.78. The lowest BCUT2D eigenvalue weighted by molar-refractivity contribution is 1.02. The molecule has 0 radical (unpaired) electrons. The molecule has 0 amide bonds. The van der Waals surface area contributed by atoms with Gasteiger partial charge in [0.1, 0.15) is 0 Å². The second-order valence-electron chi connectivity index (χ2n) is 5.32. The molecule has 0 aromatic heterocycles. The number of hydrogen-bond acceptors (Lipinski definition) is 3. The molecule has 0 unspecified atom stereocenters. The number of hydrogen-bond donors (Lipinski definition) is 0. The van der Waals surface area contributed by atoms with E-state index in [-0.39, 0.29) is 0 Å². The highest BCUT2D eigenvalue weighted by Crippen LogP contribution is 2.13. The van der Waals surface area contributed by atoms with E-state index in [0.717, 1.165) is 12.1 Å². The third kappa shape index (κ3) is 4.77. The first-order valence-corrected chi connectivity index (χ1v) is 7.41. The third-order valence-corrected chi connectivity index (χ3v) is 3.40. The van der Waals surface area contributed by atoms with Crippen LogP contribution in [0.1, 0.15) is 5.56 Å². The summed E-state index contributed by atoms with van der Waals surface area (Å²) in [5.41, 5.74) is 3.59. The van der Waals surface area contributed by atoms with E-state index in [1.165, 1.54) is 11.3 Å². The largest absolute Gasteiger partial charge is 0.378 e. The van der Waals surface area contributed by atoms with Gasteiger partial charge in [-0.05, 0) is 42.3 Å². The Balaban J connectivity index is 1.84. The zero-order valence-corrected chi connectivity index (χ0v) is 13.5. The van der Waals surface area contributed by atoms with E-state index < -0.39 is 0 Å². The number of para-hydroxylation sites is 1. The van der Waals surface area contributed by atoms with Gasteiger partial charge in [-0.3, -0.25) is 5.01 Å². The first-order valence-electron chi connectivity index (χ1n) is 7.41. The van der Waals surface area contributed by atoms with Crippen molar-refractivity contribution < 1.29 is 0 Å². The molecule has 2 aromatic carbocycles. The highest BCUT2D eigenvalue weighted by molar-refractivity contribution is 5.72. The van der Waals surface area contributed by atoms with Gasteiger partial charge in [-0.2, -0.15) is 5.10 Å². The Morgan fingerprint density at radius 3 is 2.18 bits per heavy atom. The first kappa shape index (κ1) is 15.8. The Labute approximate surface area is 133 Å². The average Bonchev–Trinajstić information content (AvgIpc) is 2.55. The molecule has 0 aliphatic rings. The van der Waals surface area contributed by atoms with Crippen LogP contribution in [-0.4, -0.2) is 27.4 Å². The van der Waals surface area contributed by atoms with Crippen LogP contribution >= 0.6 is 0 Å². The van der Waals surface area contributed by atoms with Crippen molar-refractivity contribution in [3.05, 3.63) is 72.3 Å². The maximum Gasteiger partial charge on any atom is 0.0590 e. The summed E-state index contributed by atoms with van der Waals surface area (Å²) < 4.78 is 0. The molecule has 0 saturated carbocycles. The molecule has 22 heavy (non-hydrogen) atoms. The lowest BCUT2D eigenvalue weighted by Gasteiger charge is -2.12. The molecule has 3 nitrogen and oxygen atoms in total. The Bertz CT molecular complexity index is 613. The maximum atomic E-state index is 4.38. The van der Waals surface area contributed by atoms with Crippen LogP contribution in [0.15, 0.2) is 71.9 Å². The van der Waals surface area contributed by atoms with Crippen molar-refractivity contribution in [3.8, 4) is 0 Å². The van der Waals surface area contributed by atoms with Gasteiger partial charge in [0.2, 0.25) is 0 Å². The zero-order valence-electron chi connectivity index (χ0n) is 13.5. The van der Waals surface area contributed by atoms with E-state index >= 15 is 0 Å². The molecule has 2 rings (SSSR count). The van der Waals surface area contributed by atoms with Gasteiger partial charge < -0.3 is 4.90 Å². The molecular formula is C19H23N3.